The van der Waals surface area contributed by atoms with Gasteiger partial charge in [0.25, 0.3) is 0 Å². The minimum absolute atomic E-state index is 0.190. The predicted octanol–water partition coefficient (Wildman–Crippen LogP) is 6.44. The van der Waals surface area contributed by atoms with E-state index in [2.05, 4.69) is 15.9 Å². The van der Waals surface area contributed by atoms with Crippen molar-refractivity contribution < 1.29 is 19.0 Å². The summed E-state index contributed by atoms with van der Waals surface area (Å²) >= 11 is 9.63. The molecule has 4 nitrogen and oxygen atoms in total. The molecule has 1 aliphatic heterocycles. The van der Waals surface area contributed by atoms with E-state index < -0.39 is 0 Å². The quantitative estimate of drug-likeness (QED) is 0.297. The number of allylic oxidation sites excluding steroid dienone is 1. The van der Waals surface area contributed by atoms with E-state index in [1.807, 2.05) is 42.5 Å². The first kappa shape index (κ1) is 20.7. The Hall–Kier alpha value is -2.60. The molecule has 0 aromatic heterocycles. The largest absolute Gasteiger partial charge is 0.488 e. The fourth-order valence-electron chi connectivity index (χ4n) is 3.14. The summed E-state index contributed by atoms with van der Waals surface area (Å²) in [6, 6.07) is 18.7. The molecule has 0 fully saturated rings. The molecule has 0 unspecified atom stereocenters. The van der Waals surface area contributed by atoms with Crippen molar-refractivity contribution in [2.75, 3.05) is 6.79 Å². The van der Waals surface area contributed by atoms with Gasteiger partial charge in [0, 0.05) is 20.6 Å². The van der Waals surface area contributed by atoms with E-state index in [1.54, 1.807) is 24.3 Å². The molecule has 30 heavy (non-hydrogen) atoms. The van der Waals surface area contributed by atoms with Crippen LogP contribution in [0.15, 0.2) is 71.2 Å². The first-order chi connectivity index (χ1) is 14.6. The fourth-order valence-corrected chi connectivity index (χ4v) is 3.84. The van der Waals surface area contributed by atoms with Gasteiger partial charge in [0.05, 0.1) is 12.2 Å². The van der Waals surface area contributed by atoms with Crippen LogP contribution in [-0.2, 0) is 18.0 Å². The molecule has 0 radical (unpaired) electrons. The number of carbonyl (C=O) groups excluding carboxylic acids is 1. The van der Waals surface area contributed by atoms with Gasteiger partial charge in [-0.1, -0.05) is 57.9 Å². The van der Waals surface area contributed by atoms with Gasteiger partial charge in [0.15, 0.2) is 12.6 Å². The summed E-state index contributed by atoms with van der Waals surface area (Å²) in [4.78, 5) is 13.0. The van der Waals surface area contributed by atoms with Gasteiger partial charge in [-0.2, -0.15) is 0 Å². The second-order valence-corrected chi connectivity index (χ2v) is 8.06. The topological polar surface area (TPSA) is 44.8 Å². The number of hydrogen-bond donors (Lipinski definition) is 0. The summed E-state index contributed by atoms with van der Waals surface area (Å²) in [6.07, 6.45) is 3.24. The Morgan fingerprint density at radius 3 is 2.80 bits per heavy atom. The summed E-state index contributed by atoms with van der Waals surface area (Å²) in [6.45, 7) is 1.02. The van der Waals surface area contributed by atoms with Crippen molar-refractivity contribution in [3.8, 4) is 11.5 Å². The summed E-state index contributed by atoms with van der Waals surface area (Å²) in [5.41, 5.74) is 3.14. The van der Waals surface area contributed by atoms with Crippen molar-refractivity contribution in [2.24, 2.45) is 0 Å². The molecule has 0 bridgehead atoms. The molecule has 1 aliphatic rings. The van der Waals surface area contributed by atoms with Gasteiger partial charge in [0.2, 0.25) is 0 Å². The lowest BCUT2D eigenvalue weighted by molar-refractivity contribution is -0.0165. The minimum Gasteiger partial charge on any atom is -0.488 e. The molecule has 3 aromatic rings. The highest BCUT2D eigenvalue weighted by Gasteiger charge is 2.16. The number of benzene rings is 3. The van der Waals surface area contributed by atoms with Gasteiger partial charge < -0.3 is 14.2 Å². The van der Waals surface area contributed by atoms with Crippen molar-refractivity contribution in [3.05, 3.63) is 98.5 Å². The first-order valence-electron chi connectivity index (χ1n) is 9.32. The third kappa shape index (κ3) is 4.93. The number of hydrogen-bond acceptors (Lipinski definition) is 4. The lowest BCUT2D eigenvalue weighted by Crippen LogP contribution is -2.12. The number of fused-ring (bicyclic) bond motifs is 1. The maximum atomic E-state index is 13.0. The highest BCUT2D eigenvalue weighted by atomic mass is 79.9. The molecule has 0 saturated heterocycles. The van der Waals surface area contributed by atoms with E-state index in [9.17, 15) is 4.79 Å². The van der Waals surface area contributed by atoms with E-state index in [-0.39, 0.29) is 12.6 Å². The second kappa shape index (κ2) is 9.47. The molecule has 0 aliphatic carbocycles. The average Bonchev–Trinajstić information content (AvgIpc) is 2.77. The summed E-state index contributed by atoms with van der Waals surface area (Å²) < 4.78 is 17.7. The fraction of sp³-hybridized carbons (Fsp3) is 0.125. The van der Waals surface area contributed by atoms with Crippen LogP contribution >= 0.6 is 27.5 Å². The standard InChI is InChI=1S/C24H18BrClO4/c25-19-10-17(24-18(11-19)14-28-15-30-24)6-8-22(27)21-12-20(26)7-9-23(21)29-13-16-4-2-1-3-5-16/h1-12H,13-15H2/b8-6+. The lowest BCUT2D eigenvalue weighted by Gasteiger charge is -2.20. The monoisotopic (exact) mass is 484 g/mol. The average molecular weight is 486 g/mol. The zero-order chi connectivity index (χ0) is 20.9. The Morgan fingerprint density at radius 1 is 1.13 bits per heavy atom. The zero-order valence-electron chi connectivity index (χ0n) is 15.9. The Kier molecular flexibility index (Phi) is 6.53. The summed E-state index contributed by atoms with van der Waals surface area (Å²) in [7, 11) is 0. The Morgan fingerprint density at radius 2 is 1.97 bits per heavy atom. The number of ether oxygens (including phenoxy) is 3. The minimum atomic E-state index is -0.207. The van der Waals surface area contributed by atoms with Crippen molar-refractivity contribution in [2.45, 2.75) is 13.2 Å². The third-order valence-electron chi connectivity index (χ3n) is 4.56. The molecule has 0 N–H and O–H groups in total. The predicted molar refractivity (Wildman–Crippen MR) is 120 cm³/mol. The van der Waals surface area contributed by atoms with Gasteiger partial charge >= 0.3 is 0 Å². The van der Waals surface area contributed by atoms with Crippen LogP contribution < -0.4 is 9.47 Å². The molecule has 0 amide bonds. The van der Waals surface area contributed by atoms with E-state index in [4.69, 9.17) is 25.8 Å². The molecule has 4 rings (SSSR count). The van der Waals surface area contributed by atoms with Crippen LogP contribution in [0.4, 0.5) is 0 Å². The van der Waals surface area contributed by atoms with Gasteiger partial charge in [0.1, 0.15) is 18.1 Å². The molecular weight excluding hydrogens is 468 g/mol. The van der Waals surface area contributed by atoms with E-state index in [0.717, 1.165) is 26.9 Å². The van der Waals surface area contributed by atoms with Crippen molar-refractivity contribution in [3.63, 3.8) is 0 Å². The molecule has 0 spiro atoms. The molecule has 1 heterocycles. The molecule has 0 saturated carbocycles. The van der Waals surface area contributed by atoms with Gasteiger partial charge in [-0.25, -0.2) is 0 Å². The number of rotatable bonds is 6. The summed E-state index contributed by atoms with van der Waals surface area (Å²) in [5, 5.41) is 0.471. The molecule has 3 aromatic carbocycles. The van der Waals surface area contributed by atoms with E-state index >= 15 is 0 Å². The SMILES string of the molecule is O=C(/C=C/c1cc(Br)cc2c1OCOC2)c1cc(Cl)ccc1OCc1ccccc1. The summed E-state index contributed by atoms with van der Waals surface area (Å²) in [5.74, 6) is 1.00. The Labute approximate surface area is 188 Å². The van der Waals surface area contributed by atoms with E-state index in [0.29, 0.717) is 29.5 Å². The van der Waals surface area contributed by atoms with Crippen LogP contribution in [0.5, 0.6) is 11.5 Å². The molecular formula is C24H18BrClO4. The molecule has 0 atom stereocenters. The van der Waals surface area contributed by atoms with Crippen LogP contribution in [0.25, 0.3) is 6.08 Å². The molecule has 6 heteroatoms. The first-order valence-corrected chi connectivity index (χ1v) is 10.5. The van der Waals surface area contributed by atoms with Crippen LogP contribution in [0.3, 0.4) is 0 Å². The van der Waals surface area contributed by atoms with Crippen molar-refractivity contribution in [1.82, 2.24) is 0 Å². The number of carbonyl (C=O) groups is 1. The van der Waals surface area contributed by atoms with Crippen LogP contribution in [0, 0.1) is 0 Å². The highest BCUT2D eigenvalue weighted by Crippen LogP contribution is 2.33. The Balaban J connectivity index is 1.58. The lowest BCUT2D eigenvalue weighted by atomic mass is 10.1. The third-order valence-corrected chi connectivity index (χ3v) is 5.25. The number of ketones is 1. The zero-order valence-corrected chi connectivity index (χ0v) is 18.3. The van der Waals surface area contributed by atoms with Gasteiger partial charge in [-0.3, -0.25) is 4.79 Å². The smallest absolute Gasteiger partial charge is 0.189 e. The normalized spacial score (nSPS) is 13.0. The highest BCUT2D eigenvalue weighted by molar-refractivity contribution is 9.10. The van der Waals surface area contributed by atoms with Crippen molar-refractivity contribution in [1.29, 1.82) is 0 Å². The maximum absolute atomic E-state index is 13.0. The van der Waals surface area contributed by atoms with Crippen LogP contribution in [0.1, 0.15) is 27.0 Å². The maximum Gasteiger partial charge on any atom is 0.189 e. The van der Waals surface area contributed by atoms with Gasteiger partial charge in [-0.15, -0.1) is 0 Å². The van der Waals surface area contributed by atoms with Crippen LogP contribution in [-0.4, -0.2) is 12.6 Å². The second-order valence-electron chi connectivity index (χ2n) is 6.71. The molecule has 152 valence electrons. The number of halogens is 2. The Bertz CT molecular complexity index is 1100. The van der Waals surface area contributed by atoms with Gasteiger partial charge in [-0.05, 0) is 48.0 Å². The van der Waals surface area contributed by atoms with Crippen LogP contribution in [0.2, 0.25) is 5.02 Å². The van der Waals surface area contributed by atoms with E-state index in [1.165, 1.54) is 6.08 Å². The van der Waals surface area contributed by atoms with Crippen molar-refractivity contribution >= 4 is 39.4 Å².